The number of morpholine rings is 2. The molecule has 12 aromatic rings. The van der Waals surface area contributed by atoms with Gasteiger partial charge in [0.1, 0.15) is 44.8 Å². The number of pyridine rings is 2. The van der Waals surface area contributed by atoms with Gasteiger partial charge in [-0.15, -0.1) is 18.4 Å². The first-order valence-electron chi connectivity index (χ1n) is 28.4. The summed E-state index contributed by atoms with van der Waals surface area (Å²) in [5.41, 5.74) is 14.0. The molecule has 2 saturated heterocycles. The van der Waals surface area contributed by atoms with E-state index >= 15 is 0 Å². The molecule has 2 aliphatic rings. The van der Waals surface area contributed by atoms with Gasteiger partial charge in [0.2, 0.25) is 0 Å². The molecule has 0 radical (unpaired) electrons. The Balaban J connectivity index is 0.000000324. The van der Waals surface area contributed by atoms with E-state index in [9.17, 15) is 0 Å². The number of carbonyl (C=O) groups is 1. The summed E-state index contributed by atoms with van der Waals surface area (Å²) < 4.78 is 17.8. The van der Waals surface area contributed by atoms with Crippen LogP contribution in [0, 0.1) is 39.9 Å². The van der Waals surface area contributed by atoms with Crippen LogP contribution in [0.3, 0.4) is 0 Å². The van der Waals surface area contributed by atoms with E-state index in [4.69, 9.17) is 70.7 Å². The van der Waals surface area contributed by atoms with Gasteiger partial charge in [-0.1, -0.05) is 112 Å². The van der Waals surface area contributed by atoms with Gasteiger partial charge in [0.05, 0.1) is 50.7 Å². The van der Waals surface area contributed by atoms with E-state index in [1.54, 1.807) is 70.3 Å². The SMILES string of the molecule is Brc1ccnc2[nH]ccc12.C.C.C#C[Si](C)(C)C.C#Cc1cnc2ccc(Cl)nn12.C(#Cc1cnc2ccc(-c3ccc(CN4CCOCC4)cc3)nn12)c1ccnc2[nH]ccc12.Clc1ccc2ncc(I)n2n1.O=CO[O-].OB(O)c1ccc(CN2CCOCC2)cc1.[H-].[K+].[K+]. The van der Waals surface area contributed by atoms with Crippen LogP contribution in [0.1, 0.15) is 44.4 Å². The number of benzene rings is 2. The molecule has 0 unspecified atom stereocenters. The van der Waals surface area contributed by atoms with E-state index in [0.29, 0.717) is 27.1 Å². The molecule has 22 nitrogen and oxygen atoms in total. The van der Waals surface area contributed by atoms with Gasteiger partial charge in [-0.05, 0) is 128 Å². The van der Waals surface area contributed by atoms with Crippen LogP contribution < -0.4 is 113 Å². The molecule has 0 spiro atoms. The van der Waals surface area contributed by atoms with Gasteiger partial charge in [-0.2, -0.15) is 15.3 Å². The molecular formula is C66H70BBrCl2IK2N15O7Si. The zero-order valence-electron chi connectivity index (χ0n) is 53.1. The summed E-state index contributed by atoms with van der Waals surface area (Å²) in [6.45, 7) is 15.2. The number of ether oxygens (including phenoxy) is 2. The van der Waals surface area contributed by atoms with Crippen LogP contribution in [0.25, 0.3) is 50.3 Å². The van der Waals surface area contributed by atoms with Crippen LogP contribution in [0.5, 0.6) is 0 Å². The number of carbonyl (C=O) groups excluding carboxylic acids is 1. The molecule has 14 rings (SSSR count). The minimum atomic E-state index is -1.38. The summed E-state index contributed by atoms with van der Waals surface area (Å²) in [5, 5.41) is 42.2. The second-order valence-electron chi connectivity index (χ2n) is 20.9. The normalized spacial score (nSPS) is 12.3. The first-order chi connectivity index (χ1) is 44.5. The topological polar surface area (TPSA) is 263 Å². The Morgan fingerprint density at radius 3 is 1.66 bits per heavy atom. The summed E-state index contributed by atoms with van der Waals surface area (Å²) >= 11 is 16.9. The fourth-order valence-corrected chi connectivity index (χ4v) is 9.83. The van der Waals surface area contributed by atoms with E-state index < -0.39 is 15.2 Å². The molecule has 2 fully saturated rings. The zero-order valence-corrected chi connectivity index (χ0v) is 64.6. The van der Waals surface area contributed by atoms with Gasteiger partial charge >= 0.3 is 110 Å². The fraction of sp³-hybridized carbons (Fsp3) is 0.227. The molecule has 0 amide bonds. The van der Waals surface area contributed by atoms with Gasteiger partial charge < -0.3 is 41.1 Å². The molecule has 488 valence electrons. The third-order valence-electron chi connectivity index (χ3n) is 13.3. The number of hydrogen-bond acceptors (Lipinski definition) is 17. The Kier molecular flexibility index (Phi) is 37.1. The Morgan fingerprint density at radius 2 is 1.14 bits per heavy atom. The Labute approximate surface area is 677 Å². The van der Waals surface area contributed by atoms with E-state index in [1.807, 2.05) is 67.0 Å². The first kappa shape index (κ1) is 83.3. The Hall–Kier alpha value is -5.11. The largest absolute Gasteiger partial charge is 1.00 e. The van der Waals surface area contributed by atoms with Crippen molar-refractivity contribution < 1.29 is 139 Å². The van der Waals surface area contributed by atoms with Crippen LogP contribution in [-0.4, -0.2) is 158 Å². The number of fused-ring (bicyclic) bond motifs is 5. The number of halogens is 4. The van der Waals surface area contributed by atoms with E-state index in [-0.39, 0.29) is 126 Å². The summed E-state index contributed by atoms with van der Waals surface area (Å²) in [7, 11) is -2.48. The van der Waals surface area contributed by atoms with Crippen LogP contribution >= 0.6 is 61.7 Å². The van der Waals surface area contributed by atoms with Gasteiger partial charge in [0.15, 0.2) is 16.9 Å². The minimum absolute atomic E-state index is 0. The predicted octanol–water partition coefficient (Wildman–Crippen LogP) is 3.70. The maximum absolute atomic E-state index is 8.96. The summed E-state index contributed by atoms with van der Waals surface area (Å²) in [5.74, 6) is 8.94. The van der Waals surface area contributed by atoms with Crippen molar-refractivity contribution in [3.05, 3.63) is 199 Å². The van der Waals surface area contributed by atoms with E-state index in [0.717, 1.165) is 130 Å². The minimum Gasteiger partial charge on any atom is -1.00 e. The maximum atomic E-state index is 8.96. The smallest absolute Gasteiger partial charge is 1.00 e. The van der Waals surface area contributed by atoms with Crippen molar-refractivity contribution in [1.29, 1.82) is 0 Å². The van der Waals surface area contributed by atoms with Crippen molar-refractivity contribution in [1.82, 2.24) is 73.5 Å². The molecule has 2 aromatic carbocycles. The van der Waals surface area contributed by atoms with E-state index in [1.165, 1.54) is 15.6 Å². The summed E-state index contributed by atoms with van der Waals surface area (Å²) in [6.07, 6.45) is 22.7. The average molecular weight is 1580 g/mol. The summed E-state index contributed by atoms with van der Waals surface area (Å²) in [6, 6.07) is 34.8. The van der Waals surface area contributed by atoms with Crippen molar-refractivity contribution >= 4 is 128 Å². The molecule has 30 heteroatoms. The molecule has 96 heavy (non-hydrogen) atoms. The Bertz CT molecular complexity index is 4510. The molecule has 0 atom stereocenters. The van der Waals surface area contributed by atoms with Crippen LogP contribution in [0.15, 0.2) is 157 Å². The van der Waals surface area contributed by atoms with Crippen molar-refractivity contribution in [2.45, 2.75) is 47.6 Å². The number of imidazole rings is 3. The zero-order chi connectivity index (χ0) is 65.4. The molecule has 0 aliphatic carbocycles. The number of aromatic nitrogens is 13. The number of nitrogens with zero attached hydrogens (tertiary/aromatic N) is 13. The monoisotopic (exact) mass is 1580 g/mol. The predicted molar refractivity (Wildman–Crippen MR) is 383 cm³/mol. The molecular weight excluding hydrogens is 1510 g/mol. The third kappa shape index (κ3) is 25.6. The third-order valence-corrected chi connectivity index (χ3v) is 16.0. The maximum Gasteiger partial charge on any atom is 1.00 e. The quantitative estimate of drug-likeness (QED) is 0.0443. The van der Waals surface area contributed by atoms with Crippen molar-refractivity contribution in [3.63, 3.8) is 0 Å². The van der Waals surface area contributed by atoms with Crippen LogP contribution in [-0.2, 0) is 32.2 Å². The molecule has 10 aromatic heterocycles. The number of rotatable bonds is 7. The number of H-pyrrole nitrogens is 2. The second-order valence-corrected chi connectivity index (χ2v) is 28.4. The molecule has 4 N–H and O–H groups in total. The van der Waals surface area contributed by atoms with Crippen molar-refractivity contribution in [2.75, 3.05) is 52.6 Å². The molecule has 2 aliphatic heterocycles. The van der Waals surface area contributed by atoms with Crippen LogP contribution in [0.2, 0.25) is 29.9 Å². The fourth-order valence-electron chi connectivity index (χ4n) is 8.62. The number of nitrogens with one attached hydrogen (secondary N) is 2. The average Bonchev–Trinajstić information content (AvgIpc) is 1.76. The standard InChI is InChI=1S/C26H22N6O.C11H16BNO3.C8H4ClN3.C7H5BrN2.C6H3ClIN3.C5H10Si.CH2O3.2CH4.2K.H/c1-3-21(4-2-19(1)18-31-13-15-33-16-14-31)24-7-8-25-29-17-22(32(25)30-24)6-5-20-9-11-27-26-23(20)10-12-28-26;14-12(15)11-3-1-10(2-4-11)9-13-5-7-16-8-6-13;1-2-6-5-10-8-4-3-7(9)11-12(6)8;8-6-2-4-10-7-5(6)1-3-9-7;7-4-1-2-6-9-3-5(8)11(6)10-4;1-5-6(2,3)4;2-1-4-3;;;;;/h1-4,7-12,17H,13-16,18H2,(H,27,28);1-4,14-15H,5-9H2;1,3-5H;1-4H,(H,9,10);1-3H;1H,2-4H3;1,3H;2*1H4;;;/q;;;;;;;;;2*+1;-1/p-1. The number of aromatic amines is 2. The molecule has 0 bridgehead atoms. The van der Waals surface area contributed by atoms with Gasteiger partial charge in [-0.3, -0.25) is 14.6 Å². The number of hydrogen-bond donors (Lipinski definition) is 4. The van der Waals surface area contributed by atoms with Gasteiger partial charge in [0.25, 0.3) is 6.47 Å². The van der Waals surface area contributed by atoms with Crippen molar-refractivity contribution in [2.24, 2.45) is 0 Å². The second kappa shape index (κ2) is 42.8. The van der Waals surface area contributed by atoms with Gasteiger partial charge in [0, 0.05) is 90.4 Å². The van der Waals surface area contributed by atoms with Crippen LogP contribution in [0.4, 0.5) is 0 Å². The number of terminal acetylenes is 2. The van der Waals surface area contributed by atoms with Crippen molar-refractivity contribution in [3.8, 4) is 47.4 Å². The first-order valence-corrected chi connectivity index (χ1v) is 34.5. The van der Waals surface area contributed by atoms with E-state index in [2.05, 4.69) is 166 Å². The summed E-state index contributed by atoms with van der Waals surface area (Å²) in [4.78, 5) is 43.2. The molecule has 12 heterocycles. The Morgan fingerprint density at radius 1 is 0.667 bits per heavy atom. The van der Waals surface area contributed by atoms with Gasteiger partial charge in [-0.25, -0.2) is 38.5 Å². The molecule has 0 saturated carbocycles.